The van der Waals surface area contributed by atoms with Crippen molar-refractivity contribution in [1.29, 1.82) is 0 Å². The predicted molar refractivity (Wildman–Crippen MR) is 87.0 cm³/mol. The van der Waals surface area contributed by atoms with Gasteiger partial charge in [-0.15, -0.1) is 24.8 Å². The summed E-state index contributed by atoms with van der Waals surface area (Å²) in [5, 5.41) is 3.76. The molecule has 1 aromatic carbocycles. The summed E-state index contributed by atoms with van der Waals surface area (Å²) in [5.74, 6) is -0.0647. The van der Waals surface area contributed by atoms with Gasteiger partial charge in [0.25, 0.3) is 5.91 Å². The van der Waals surface area contributed by atoms with Crippen LogP contribution in [0.1, 0.15) is 22.5 Å². The van der Waals surface area contributed by atoms with Gasteiger partial charge in [0.1, 0.15) is 0 Å². The molecule has 0 spiro atoms. The normalized spacial score (nSPS) is 9.50. The van der Waals surface area contributed by atoms with Gasteiger partial charge in [-0.3, -0.25) is 9.78 Å². The molecule has 0 bridgehead atoms. The molecule has 1 amide bonds. The quantitative estimate of drug-likeness (QED) is 0.852. The summed E-state index contributed by atoms with van der Waals surface area (Å²) in [6, 6.07) is 9.49. The Labute approximate surface area is 131 Å². The van der Waals surface area contributed by atoms with Gasteiger partial charge in [-0.1, -0.05) is 18.2 Å². The smallest absolute Gasteiger partial charge is 0.252 e. The van der Waals surface area contributed by atoms with Crippen molar-refractivity contribution >= 4 is 41.6 Å². The summed E-state index contributed by atoms with van der Waals surface area (Å²) in [5.41, 5.74) is 7.78. The summed E-state index contributed by atoms with van der Waals surface area (Å²) in [7, 11) is 0. The van der Waals surface area contributed by atoms with Gasteiger partial charge in [-0.25, -0.2) is 0 Å². The number of nitrogens with zero attached hydrogens (tertiary/aromatic N) is 1. The molecule has 1 heterocycles. The molecule has 0 unspecified atom stereocenters. The van der Waals surface area contributed by atoms with Crippen LogP contribution in [0, 0.1) is 6.92 Å². The summed E-state index contributed by atoms with van der Waals surface area (Å²) < 4.78 is 0. The first-order chi connectivity index (χ1) is 8.72. The molecule has 2 aromatic rings. The number of pyridine rings is 1. The number of benzene rings is 1. The second kappa shape index (κ2) is 8.74. The van der Waals surface area contributed by atoms with Gasteiger partial charge in [-0.2, -0.15) is 0 Å². The van der Waals surface area contributed by atoms with Crippen molar-refractivity contribution in [2.24, 2.45) is 5.73 Å². The summed E-state index contributed by atoms with van der Waals surface area (Å²) in [4.78, 5) is 16.5. The highest BCUT2D eigenvalue weighted by Gasteiger charge is 2.10. The number of carbonyl (C=O) groups excluding carboxylic acids is 1. The first-order valence-corrected chi connectivity index (χ1v) is 6.07. The number of hydrogen-bond acceptors (Lipinski definition) is 3. The second-order valence-electron chi connectivity index (χ2n) is 4.23. The van der Waals surface area contributed by atoms with Crippen molar-refractivity contribution in [1.82, 2.24) is 10.3 Å². The molecule has 0 fully saturated rings. The van der Waals surface area contributed by atoms with Gasteiger partial charge in [0.05, 0.1) is 11.1 Å². The van der Waals surface area contributed by atoms with Crippen LogP contribution in [0.5, 0.6) is 0 Å². The lowest BCUT2D eigenvalue weighted by Crippen LogP contribution is -2.26. The SMILES string of the molecule is Cc1cc(C(=O)NCCCN)c2ccccc2n1.Cl.Cl. The molecule has 4 nitrogen and oxygen atoms in total. The van der Waals surface area contributed by atoms with E-state index in [0.29, 0.717) is 18.7 Å². The number of nitrogens with two attached hydrogens (primary N) is 1. The summed E-state index contributed by atoms with van der Waals surface area (Å²) in [6.45, 7) is 3.07. The molecule has 0 aliphatic carbocycles. The lowest BCUT2D eigenvalue weighted by Gasteiger charge is -2.08. The van der Waals surface area contributed by atoms with Crippen LogP contribution in [0.15, 0.2) is 30.3 Å². The zero-order valence-electron chi connectivity index (χ0n) is 11.3. The van der Waals surface area contributed by atoms with E-state index in [-0.39, 0.29) is 30.7 Å². The third kappa shape index (κ3) is 4.34. The maximum Gasteiger partial charge on any atom is 0.252 e. The van der Waals surface area contributed by atoms with Crippen LogP contribution in [-0.4, -0.2) is 24.0 Å². The minimum Gasteiger partial charge on any atom is -0.352 e. The Kier molecular flexibility index (Phi) is 8.15. The van der Waals surface area contributed by atoms with Crippen LogP contribution >= 0.6 is 24.8 Å². The molecular formula is C14H19Cl2N3O. The fourth-order valence-electron chi connectivity index (χ4n) is 1.89. The summed E-state index contributed by atoms with van der Waals surface area (Å²) in [6.07, 6.45) is 0.785. The Balaban J connectivity index is 0.00000180. The number of aromatic nitrogens is 1. The molecule has 0 radical (unpaired) electrons. The number of nitrogens with one attached hydrogen (secondary N) is 1. The van der Waals surface area contributed by atoms with Crippen molar-refractivity contribution in [3.8, 4) is 0 Å². The molecule has 1 aromatic heterocycles. The Hall–Kier alpha value is -1.36. The highest BCUT2D eigenvalue weighted by Crippen LogP contribution is 2.17. The van der Waals surface area contributed by atoms with Gasteiger partial charge in [-0.05, 0) is 32.0 Å². The highest BCUT2D eigenvalue weighted by atomic mass is 35.5. The molecular weight excluding hydrogens is 297 g/mol. The van der Waals surface area contributed by atoms with E-state index in [1.165, 1.54) is 0 Å². The van der Waals surface area contributed by atoms with Gasteiger partial charge in [0, 0.05) is 17.6 Å². The summed E-state index contributed by atoms with van der Waals surface area (Å²) >= 11 is 0. The Morgan fingerprint density at radius 1 is 1.30 bits per heavy atom. The van der Waals surface area contributed by atoms with Crippen LogP contribution in [0.2, 0.25) is 0 Å². The number of carbonyl (C=O) groups is 1. The van der Waals surface area contributed by atoms with E-state index in [2.05, 4.69) is 10.3 Å². The molecule has 0 saturated carbocycles. The Morgan fingerprint density at radius 3 is 2.70 bits per heavy atom. The van der Waals surface area contributed by atoms with Gasteiger partial charge in [0.15, 0.2) is 0 Å². The number of para-hydroxylation sites is 1. The lowest BCUT2D eigenvalue weighted by molar-refractivity contribution is 0.0955. The minimum absolute atomic E-state index is 0. The largest absolute Gasteiger partial charge is 0.352 e. The zero-order valence-corrected chi connectivity index (χ0v) is 12.9. The van der Waals surface area contributed by atoms with E-state index < -0.39 is 0 Å². The van der Waals surface area contributed by atoms with E-state index in [4.69, 9.17) is 5.73 Å². The van der Waals surface area contributed by atoms with Crippen LogP contribution in [0.4, 0.5) is 0 Å². The van der Waals surface area contributed by atoms with Crippen LogP contribution in [0.3, 0.4) is 0 Å². The lowest BCUT2D eigenvalue weighted by atomic mass is 10.1. The number of amides is 1. The first-order valence-electron chi connectivity index (χ1n) is 6.07. The molecule has 6 heteroatoms. The Morgan fingerprint density at radius 2 is 2.00 bits per heavy atom. The maximum absolute atomic E-state index is 12.1. The topological polar surface area (TPSA) is 68.0 Å². The number of fused-ring (bicyclic) bond motifs is 1. The van der Waals surface area contributed by atoms with Crippen molar-refractivity contribution in [2.45, 2.75) is 13.3 Å². The van der Waals surface area contributed by atoms with Gasteiger partial charge < -0.3 is 11.1 Å². The average Bonchev–Trinajstić information content (AvgIpc) is 2.38. The molecule has 0 aliphatic heterocycles. The van der Waals surface area contributed by atoms with Crippen molar-refractivity contribution in [3.63, 3.8) is 0 Å². The van der Waals surface area contributed by atoms with Crippen molar-refractivity contribution < 1.29 is 4.79 Å². The number of aryl methyl sites for hydroxylation is 1. The minimum atomic E-state index is -0.0647. The third-order valence-corrected chi connectivity index (χ3v) is 2.76. The molecule has 0 aliphatic rings. The van der Waals surface area contributed by atoms with E-state index in [1.807, 2.05) is 37.3 Å². The third-order valence-electron chi connectivity index (χ3n) is 2.76. The number of halogens is 2. The molecule has 110 valence electrons. The standard InChI is InChI=1S/C14H17N3O.2ClH/c1-10-9-12(14(18)16-8-4-7-15)11-5-2-3-6-13(11)17-10;;/h2-3,5-6,9H,4,7-8,15H2,1H3,(H,16,18);2*1H. The number of hydrogen-bond donors (Lipinski definition) is 2. The zero-order chi connectivity index (χ0) is 13.0. The maximum atomic E-state index is 12.1. The average molecular weight is 316 g/mol. The molecule has 0 saturated heterocycles. The van der Waals surface area contributed by atoms with Gasteiger partial charge >= 0.3 is 0 Å². The van der Waals surface area contributed by atoms with Crippen LogP contribution in [0.25, 0.3) is 10.9 Å². The second-order valence-corrected chi connectivity index (χ2v) is 4.23. The van der Waals surface area contributed by atoms with Gasteiger partial charge in [0.2, 0.25) is 0 Å². The van der Waals surface area contributed by atoms with Crippen molar-refractivity contribution in [2.75, 3.05) is 13.1 Å². The fourth-order valence-corrected chi connectivity index (χ4v) is 1.89. The number of rotatable bonds is 4. The van der Waals surface area contributed by atoms with E-state index in [0.717, 1.165) is 23.0 Å². The first kappa shape index (κ1) is 18.6. The van der Waals surface area contributed by atoms with E-state index in [1.54, 1.807) is 0 Å². The van der Waals surface area contributed by atoms with E-state index in [9.17, 15) is 4.79 Å². The predicted octanol–water partition coefficient (Wildman–Crippen LogP) is 2.47. The Bertz CT molecular complexity index is 575. The monoisotopic (exact) mass is 315 g/mol. The van der Waals surface area contributed by atoms with Crippen LogP contribution in [-0.2, 0) is 0 Å². The fraction of sp³-hybridized carbons (Fsp3) is 0.286. The highest BCUT2D eigenvalue weighted by molar-refractivity contribution is 6.06. The molecule has 2 rings (SSSR count). The molecule has 0 atom stereocenters. The molecule has 3 N–H and O–H groups in total. The van der Waals surface area contributed by atoms with Crippen molar-refractivity contribution in [3.05, 3.63) is 41.6 Å². The van der Waals surface area contributed by atoms with E-state index >= 15 is 0 Å². The van der Waals surface area contributed by atoms with Crippen LogP contribution < -0.4 is 11.1 Å². The molecule has 20 heavy (non-hydrogen) atoms.